The Hall–Kier alpha value is -0.780. The molecular weight excluding hydrogens is 263 g/mol. The van der Waals surface area contributed by atoms with Crippen molar-refractivity contribution in [2.24, 2.45) is 11.7 Å². The van der Waals surface area contributed by atoms with Crippen LogP contribution in [0.3, 0.4) is 0 Å². The highest BCUT2D eigenvalue weighted by atomic mass is 35.5. The molecule has 5 nitrogen and oxygen atoms in total. The molecule has 1 aliphatic rings. The number of hydrogen-bond acceptors (Lipinski definition) is 3. The Morgan fingerprint density at radius 1 is 1.53 bits per heavy atom. The van der Waals surface area contributed by atoms with Crippen LogP contribution in [-0.2, 0) is 11.3 Å². The number of halogens is 2. The maximum absolute atomic E-state index is 11.7. The van der Waals surface area contributed by atoms with Crippen LogP contribution < -0.4 is 11.1 Å². The van der Waals surface area contributed by atoms with Crippen molar-refractivity contribution in [1.29, 1.82) is 0 Å². The number of rotatable bonds is 3. The zero-order valence-electron chi connectivity index (χ0n) is 9.39. The largest absolute Gasteiger partial charge is 0.349 e. The summed E-state index contributed by atoms with van der Waals surface area (Å²) in [6.07, 6.45) is 6.09. The topological polar surface area (TPSA) is 83.8 Å². The quantitative estimate of drug-likeness (QED) is 0.772. The molecule has 4 N–H and O–H groups in total. The first kappa shape index (κ1) is 16.2. The predicted molar refractivity (Wildman–Crippen MR) is 70.2 cm³/mol. The monoisotopic (exact) mass is 280 g/mol. The van der Waals surface area contributed by atoms with Gasteiger partial charge in [-0.25, -0.2) is 4.98 Å². The van der Waals surface area contributed by atoms with E-state index >= 15 is 0 Å². The third kappa shape index (κ3) is 4.53. The van der Waals surface area contributed by atoms with Gasteiger partial charge in [0.1, 0.15) is 5.82 Å². The summed E-state index contributed by atoms with van der Waals surface area (Å²) in [6, 6.07) is 0.198. The molecule has 0 radical (unpaired) electrons. The smallest absolute Gasteiger partial charge is 0.223 e. The first-order valence-electron chi connectivity index (χ1n) is 5.27. The first-order chi connectivity index (χ1) is 7.25. The lowest BCUT2D eigenvalue weighted by molar-refractivity contribution is -0.125. The molecule has 0 spiro atoms. The average molecular weight is 281 g/mol. The minimum Gasteiger partial charge on any atom is -0.349 e. The number of nitrogens with one attached hydrogen (secondary N) is 2. The van der Waals surface area contributed by atoms with Crippen molar-refractivity contribution in [3.05, 3.63) is 18.2 Å². The normalized spacial score (nSPS) is 22.4. The van der Waals surface area contributed by atoms with Gasteiger partial charge in [-0.3, -0.25) is 4.79 Å². The fraction of sp³-hybridized carbons (Fsp3) is 0.600. The lowest BCUT2D eigenvalue weighted by Crippen LogP contribution is -2.30. The van der Waals surface area contributed by atoms with E-state index in [0.717, 1.165) is 25.1 Å². The molecule has 1 aliphatic carbocycles. The van der Waals surface area contributed by atoms with Gasteiger partial charge in [0.15, 0.2) is 0 Å². The predicted octanol–water partition coefficient (Wildman–Crippen LogP) is 0.997. The highest BCUT2D eigenvalue weighted by Gasteiger charge is 2.27. The van der Waals surface area contributed by atoms with E-state index in [4.69, 9.17) is 5.73 Å². The molecule has 0 aromatic carbocycles. The second kappa shape index (κ2) is 7.53. The van der Waals surface area contributed by atoms with Crippen LogP contribution in [0.2, 0.25) is 0 Å². The molecule has 2 atom stereocenters. The first-order valence-corrected chi connectivity index (χ1v) is 5.27. The van der Waals surface area contributed by atoms with Crippen LogP contribution in [0.15, 0.2) is 12.4 Å². The standard InChI is InChI=1S/C10H16N4O.2ClH/c11-8-2-1-7(5-8)10(15)14-6-9-12-3-4-13-9;;/h3-4,7-8H,1-2,5-6,11H2,(H,12,13)(H,14,15);2*1H. The minimum atomic E-state index is 0. The Labute approximate surface area is 113 Å². The number of nitrogens with two attached hydrogens (primary N) is 1. The summed E-state index contributed by atoms with van der Waals surface area (Å²) in [5.74, 6) is 0.972. The van der Waals surface area contributed by atoms with Crippen LogP contribution in [0.25, 0.3) is 0 Å². The molecular formula is C10H18Cl2N4O. The van der Waals surface area contributed by atoms with Crippen LogP contribution in [-0.4, -0.2) is 21.9 Å². The van der Waals surface area contributed by atoms with Gasteiger partial charge in [-0.1, -0.05) is 0 Å². The summed E-state index contributed by atoms with van der Waals surface area (Å²) in [5, 5.41) is 2.86. The molecule has 0 aliphatic heterocycles. The fourth-order valence-electron chi connectivity index (χ4n) is 1.96. The Balaban J connectivity index is 0.00000128. The van der Waals surface area contributed by atoms with Crippen LogP contribution in [0.4, 0.5) is 0 Å². The van der Waals surface area contributed by atoms with Crippen LogP contribution in [0.5, 0.6) is 0 Å². The van der Waals surface area contributed by atoms with Crippen LogP contribution in [0.1, 0.15) is 25.1 Å². The van der Waals surface area contributed by atoms with Crippen molar-refractivity contribution < 1.29 is 4.79 Å². The maximum Gasteiger partial charge on any atom is 0.223 e. The lowest BCUT2D eigenvalue weighted by atomic mass is 10.1. The van der Waals surface area contributed by atoms with E-state index in [2.05, 4.69) is 15.3 Å². The van der Waals surface area contributed by atoms with Crippen molar-refractivity contribution in [2.75, 3.05) is 0 Å². The molecule has 2 rings (SSSR count). The van der Waals surface area contributed by atoms with Crippen molar-refractivity contribution >= 4 is 30.7 Å². The Kier molecular flexibility index (Phi) is 7.18. The van der Waals surface area contributed by atoms with Gasteiger partial charge in [0, 0.05) is 24.4 Å². The number of nitrogens with zero attached hydrogens (tertiary/aromatic N) is 1. The summed E-state index contributed by atoms with van der Waals surface area (Å²) in [6.45, 7) is 0.470. The molecule has 1 aromatic heterocycles. The molecule has 2 unspecified atom stereocenters. The number of H-pyrrole nitrogens is 1. The summed E-state index contributed by atoms with van der Waals surface area (Å²) in [4.78, 5) is 18.7. The Bertz CT molecular complexity index is 331. The number of amides is 1. The van der Waals surface area contributed by atoms with Gasteiger partial charge in [-0.15, -0.1) is 24.8 Å². The summed E-state index contributed by atoms with van der Waals surface area (Å²) in [5.41, 5.74) is 5.76. The fourth-order valence-corrected chi connectivity index (χ4v) is 1.96. The van der Waals surface area contributed by atoms with E-state index in [0.29, 0.717) is 6.54 Å². The zero-order valence-corrected chi connectivity index (χ0v) is 11.0. The molecule has 7 heteroatoms. The molecule has 1 amide bonds. The number of carbonyl (C=O) groups excluding carboxylic acids is 1. The summed E-state index contributed by atoms with van der Waals surface area (Å²) < 4.78 is 0. The van der Waals surface area contributed by atoms with Gasteiger partial charge in [0.05, 0.1) is 6.54 Å². The number of aromatic nitrogens is 2. The second-order valence-corrected chi connectivity index (χ2v) is 4.02. The van der Waals surface area contributed by atoms with Crippen molar-refractivity contribution in [3.63, 3.8) is 0 Å². The molecule has 98 valence electrons. The number of imidazole rings is 1. The van der Waals surface area contributed by atoms with Crippen molar-refractivity contribution in [3.8, 4) is 0 Å². The molecule has 1 saturated carbocycles. The van der Waals surface area contributed by atoms with Gasteiger partial charge < -0.3 is 16.0 Å². The van der Waals surface area contributed by atoms with Gasteiger partial charge >= 0.3 is 0 Å². The van der Waals surface area contributed by atoms with Gasteiger partial charge in [0.25, 0.3) is 0 Å². The van der Waals surface area contributed by atoms with Gasteiger partial charge in [-0.2, -0.15) is 0 Å². The van der Waals surface area contributed by atoms with Crippen molar-refractivity contribution in [1.82, 2.24) is 15.3 Å². The lowest BCUT2D eigenvalue weighted by Gasteiger charge is -2.09. The average Bonchev–Trinajstić information content (AvgIpc) is 2.84. The molecule has 0 bridgehead atoms. The second-order valence-electron chi connectivity index (χ2n) is 4.02. The third-order valence-electron chi connectivity index (χ3n) is 2.83. The summed E-state index contributed by atoms with van der Waals surface area (Å²) >= 11 is 0. The highest BCUT2D eigenvalue weighted by Crippen LogP contribution is 2.23. The van der Waals surface area contributed by atoms with Crippen molar-refractivity contribution in [2.45, 2.75) is 31.8 Å². The van der Waals surface area contributed by atoms with Gasteiger partial charge in [0.2, 0.25) is 5.91 Å². The van der Waals surface area contributed by atoms with E-state index in [1.165, 1.54) is 0 Å². The summed E-state index contributed by atoms with van der Waals surface area (Å²) in [7, 11) is 0. The molecule has 1 fully saturated rings. The number of aromatic amines is 1. The number of carbonyl (C=O) groups is 1. The minimum absolute atomic E-state index is 0. The van der Waals surface area contributed by atoms with E-state index in [1.807, 2.05) is 0 Å². The molecule has 1 heterocycles. The van der Waals surface area contributed by atoms with E-state index in [9.17, 15) is 4.79 Å². The van der Waals surface area contributed by atoms with Crippen LogP contribution in [0, 0.1) is 5.92 Å². The molecule has 1 aromatic rings. The van der Waals surface area contributed by atoms with Crippen LogP contribution >= 0.6 is 24.8 Å². The number of hydrogen-bond donors (Lipinski definition) is 3. The highest BCUT2D eigenvalue weighted by molar-refractivity contribution is 5.85. The van der Waals surface area contributed by atoms with Gasteiger partial charge in [-0.05, 0) is 19.3 Å². The van der Waals surface area contributed by atoms with E-state index in [-0.39, 0.29) is 42.7 Å². The molecule has 0 saturated heterocycles. The third-order valence-corrected chi connectivity index (χ3v) is 2.83. The van der Waals surface area contributed by atoms with E-state index < -0.39 is 0 Å². The Morgan fingerprint density at radius 3 is 2.82 bits per heavy atom. The Morgan fingerprint density at radius 2 is 2.29 bits per heavy atom. The zero-order chi connectivity index (χ0) is 10.7. The molecule has 17 heavy (non-hydrogen) atoms. The van der Waals surface area contributed by atoms with E-state index in [1.54, 1.807) is 12.4 Å². The SMILES string of the molecule is Cl.Cl.NC1CCC(C(=O)NCc2ncc[nH]2)C1. The maximum atomic E-state index is 11.7.